The summed E-state index contributed by atoms with van der Waals surface area (Å²) in [5.41, 5.74) is 2.24. The van der Waals surface area contributed by atoms with E-state index in [4.69, 9.17) is 23.9 Å². The first-order chi connectivity index (χ1) is 14.8. The van der Waals surface area contributed by atoms with E-state index in [9.17, 15) is 4.79 Å². The van der Waals surface area contributed by atoms with E-state index in [0.717, 1.165) is 23.2 Å². The van der Waals surface area contributed by atoms with Crippen LogP contribution in [0.15, 0.2) is 42.5 Å². The molecule has 0 N–H and O–H groups in total. The van der Waals surface area contributed by atoms with Crippen molar-refractivity contribution in [2.75, 3.05) is 19.8 Å². The number of pyridine rings is 1. The fourth-order valence-corrected chi connectivity index (χ4v) is 3.85. The third-order valence-corrected chi connectivity index (χ3v) is 5.25. The molecule has 2 aliphatic rings. The monoisotopic (exact) mass is 426 g/mol. The highest BCUT2D eigenvalue weighted by molar-refractivity contribution is 5.69. The second-order valence-electron chi connectivity index (χ2n) is 9.02. The van der Waals surface area contributed by atoms with Crippen LogP contribution in [0.4, 0.5) is 4.79 Å². The number of rotatable bonds is 4. The van der Waals surface area contributed by atoms with Crippen molar-refractivity contribution in [2.45, 2.75) is 58.2 Å². The van der Waals surface area contributed by atoms with Crippen LogP contribution >= 0.6 is 0 Å². The van der Waals surface area contributed by atoms with E-state index >= 15 is 0 Å². The fourth-order valence-electron chi connectivity index (χ4n) is 3.85. The Morgan fingerprint density at radius 2 is 1.87 bits per heavy atom. The molecule has 1 aromatic heterocycles. The van der Waals surface area contributed by atoms with Gasteiger partial charge in [0.2, 0.25) is 5.88 Å². The fraction of sp³-hybridized carbons (Fsp3) is 0.500. The Bertz CT molecular complexity index is 920. The van der Waals surface area contributed by atoms with E-state index in [2.05, 4.69) is 0 Å². The number of carbonyl (C=O) groups is 1. The summed E-state index contributed by atoms with van der Waals surface area (Å²) in [7, 11) is 0. The summed E-state index contributed by atoms with van der Waals surface area (Å²) >= 11 is 0. The Balaban J connectivity index is 1.44. The molecule has 2 fully saturated rings. The lowest BCUT2D eigenvalue weighted by molar-refractivity contribution is -0.0440. The molecule has 0 bridgehead atoms. The third-order valence-electron chi connectivity index (χ3n) is 5.25. The van der Waals surface area contributed by atoms with E-state index < -0.39 is 5.60 Å². The van der Waals surface area contributed by atoms with Gasteiger partial charge in [-0.25, -0.2) is 9.78 Å². The molecule has 2 saturated heterocycles. The van der Waals surface area contributed by atoms with Crippen LogP contribution in [0.3, 0.4) is 0 Å². The zero-order valence-corrected chi connectivity index (χ0v) is 18.5. The summed E-state index contributed by atoms with van der Waals surface area (Å²) in [6.45, 7) is 9.32. The number of carbonyl (C=O) groups excluding carboxylic acids is 1. The molecule has 7 nitrogen and oxygen atoms in total. The topological polar surface area (TPSA) is 70.1 Å². The van der Waals surface area contributed by atoms with Crippen molar-refractivity contribution < 1.29 is 23.7 Å². The van der Waals surface area contributed by atoms with Gasteiger partial charge in [-0.3, -0.25) is 0 Å². The largest absolute Gasteiger partial charge is 0.472 e. The highest BCUT2D eigenvalue weighted by Crippen LogP contribution is 2.29. The lowest BCUT2D eigenvalue weighted by atomic mass is 10.1. The molecule has 1 aromatic carbocycles. The SMILES string of the molecule is C[C@H]1C[C@H](Oc2cccc(-c3cccc(C4OCCO4)c3)n2)CN1C(=O)OC(C)(C)C. The van der Waals surface area contributed by atoms with Gasteiger partial charge in [-0.2, -0.15) is 0 Å². The molecule has 3 heterocycles. The molecule has 31 heavy (non-hydrogen) atoms. The number of amides is 1. The molecule has 7 heteroatoms. The van der Waals surface area contributed by atoms with Crippen molar-refractivity contribution in [3.63, 3.8) is 0 Å². The van der Waals surface area contributed by atoms with Crippen molar-refractivity contribution in [2.24, 2.45) is 0 Å². The van der Waals surface area contributed by atoms with E-state index in [1.807, 2.05) is 70.2 Å². The van der Waals surface area contributed by atoms with Gasteiger partial charge in [0.25, 0.3) is 0 Å². The number of ether oxygens (including phenoxy) is 4. The highest BCUT2D eigenvalue weighted by Gasteiger charge is 2.36. The molecule has 0 unspecified atom stereocenters. The summed E-state index contributed by atoms with van der Waals surface area (Å²) in [5.74, 6) is 0.541. The smallest absolute Gasteiger partial charge is 0.410 e. The van der Waals surface area contributed by atoms with Gasteiger partial charge in [0, 0.05) is 29.7 Å². The van der Waals surface area contributed by atoms with Crippen molar-refractivity contribution in [1.29, 1.82) is 0 Å². The zero-order valence-electron chi connectivity index (χ0n) is 18.5. The van der Waals surface area contributed by atoms with Gasteiger partial charge in [0.05, 0.1) is 25.5 Å². The quantitative estimate of drug-likeness (QED) is 0.713. The average molecular weight is 427 g/mol. The summed E-state index contributed by atoms with van der Waals surface area (Å²) in [6.07, 6.45) is -0.0205. The van der Waals surface area contributed by atoms with Gasteiger partial charge in [-0.15, -0.1) is 0 Å². The molecular weight excluding hydrogens is 396 g/mol. The second kappa shape index (κ2) is 8.85. The van der Waals surface area contributed by atoms with Crippen molar-refractivity contribution in [3.8, 4) is 17.1 Å². The van der Waals surface area contributed by atoms with Crippen molar-refractivity contribution >= 4 is 6.09 Å². The van der Waals surface area contributed by atoms with Gasteiger partial charge in [0.15, 0.2) is 6.29 Å². The predicted octanol–water partition coefficient (Wildman–Crippen LogP) is 4.57. The molecule has 0 aliphatic carbocycles. The van der Waals surface area contributed by atoms with Crippen molar-refractivity contribution in [3.05, 3.63) is 48.0 Å². The molecule has 2 aromatic rings. The molecule has 0 saturated carbocycles. The van der Waals surface area contributed by atoms with E-state index in [-0.39, 0.29) is 24.5 Å². The number of nitrogens with zero attached hydrogens (tertiary/aromatic N) is 2. The van der Waals surface area contributed by atoms with Crippen LogP contribution in [0.25, 0.3) is 11.3 Å². The minimum atomic E-state index is -0.519. The first kappa shape index (κ1) is 21.6. The summed E-state index contributed by atoms with van der Waals surface area (Å²) in [4.78, 5) is 18.9. The summed E-state index contributed by atoms with van der Waals surface area (Å²) in [6, 6.07) is 13.8. The zero-order chi connectivity index (χ0) is 22.0. The lowest BCUT2D eigenvalue weighted by Crippen LogP contribution is -2.39. The number of benzene rings is 1. The Morgan fingerprint density at radius 1 is 1.13 bits per heavy atom. The maximum absolute atomic E-state index is 12.5. The molecule has 4 rings (SSSR count). The number of aromatic nitrogens is 1. The van der Waals surface area contributed by atoms with Gasteiger partial charge in [-0.05, 0) is 39.8 Å². The van der Waals surface area contributed by atoms with Crippen LogP contribution in [0.1, 0.15) is 46.0 Å². The molecule has 1 amide bonds. The van der Waals surface area contributed by atoms with E-state index in [0.29, 0.717) is 25.6 Å². The van der Waals surface area contributed by atoms with Crippen LogP contribution in [0.2, 0.25) is 0 Å². The Labute approximate surface area is 183 Å². The first-order valence-corrected chi connectivity index (χ1v) is 10.8. The van der Waals surface area contributed by atoms with Crippen molar-refractivity contribution in [1.82, 2.24) is 9.88 Å². The predicted molar refractivity (Wildman–Crippen MR) is 116 cm³/mol. The second-order valence-corrected chi connectivity index (χ2v) is 9.02. The maximum Gasteiger partial charge on any atom is 0.410 e. The maximum atomic E-state index is 12.5. The Kier molecular flexibility index (Phi) is 6.16. The number of likely N-dealkylation sites (tertiary alicyclic amines) is 1. The van der Waals surface area contributed by atoms with Crippen LogP contribution < -0.4 is 4.74 Å². The molecule has 2 aliphatic heterocycles. The van der Waals surface area contributed by atoms with Crippen LogP contribution in [0, 0.1) is 0 Å². The molecule has 0 radical (unpaired) electrons. The van der Waals surface area contributed by atoms with E-state index in [1.54, 1.807) is 4.90 Å². The number of hydrogen-bond acceptors (Lipinski definition) is 6. The Hall–Kier alpha value is -2.64. The first-order valence-electron chi connectivity index (χ1n) is 10.8. The van der Waals surface area contributed by atoms with Crippen LogP contribution in [-0.4, -0.2) is 53.5 Å². The lowest BCUT2D eigenvalue weighted by Gasteiger charge is -2.26. The molecular formula is C24H30N2O5. The average Bonchev–Trinajstić information content (AvgIpc) is 3.37. The molecule has 0 spiro atoms. The summed E-state index contributed by atoms with van der Waals surface area (Å²) in [5, 5.41) is 0. The minimum absolute atomic E-state index is 0.0473. The standard InChI is InChI=1S/C24H30N2O5/c1-16-13-19(15-26(16)23(27)31-24(2,3)4)30-21-10-6-9-20(25-21)17-7-5-8-18(14-17)22-28-11-12-29-22/h5-10,14,16,19,22H,11-13,15H2,1-4H3/t16-,19-/m0/s1. The molecule has 166 valence electrons. The third kappa shape index (κ3) is 5.35. The van der Waals surface area contributed by atoms with E-state index in [1.165, 1.54) is 0 Å². The molecule has 2 atom stereocenters. The Morgan fingerprint density at radius 3 is 2.61 bits per heavy atom. The number of hydrogen-bond donors (Lipinski definition) is 0. The van der Waals surface area contributed by atoms with Gasteiger partial charge in [-0.1, -0.05) is 24.3 Å². The van der Waals surface area contributed by atoms with Crippen LogP contribution in [-0.2, 0) is 14.2 Å². The van der Waals surface area contributed by atoms with Crippen LogP contribution in [0.5, 0.6) is 5.88 Å². The summed E-state index contributed by atoms with van der Waals surface area (Å²) < 4.78 is 22.9. The normalized spacial score (nSPS) is 22.0. The minimum Gasteiger partial charge on any atom is -0.472 e. The highest BCUT2D eigenvalue weighted by atomic mass is 16.7. The van der Waals surface area contributed by atoms with Gasteiger partial charge >= 0.3 is 6.09 Å². The van der Waals surface area contributed by atoms with Gasteiger partial charge in [0.1, 0.15) is 11.7 Å². The van der Waals surface area contributed by atoms with Gasteiger partial charge < -0.3 is 23.8 Å².